The minimum atomic E-state index is -1.83. The minimum absolute atomic E-state index is 0.162. The van der Waals surface area contributed by atoms with Gasteiger partial charge in [0.1, 0.15) is 68.1 Å². The van der Waals surface area contributed by atoms with Gasteiger partial charge in [-0.3, -0.25) is 9.59 Å². The fraction of sp³-hybridized carbons (Fsp3) is 0.957. The van der Waals surface area contributed by atoms with E-state index in [1.807, 2.05) is 0 Å². The summed E-state index contributed by atoms with van der Waals surface area (Å²) in [6.45, 7) is 7.09. The van der Waals surface area contributed by atoms with Crippen molar-refractivity contribution < 1.29 is 73.8 Å². The van der Waals surface area contributed by atoms with Crippen LogP contribution in [0.25, 0.3) is 0 Å². The van der Waals surface area contributed by atoms with E-state index >= 15 is 0 Å². The highest BCUT2D eigenvalue weighted by molar-refractivity contribution is 5.69. The van der Waals surface area contributed by atoms with Crippen LogP contribution in [0.15, 0.2) is 0 Å². The summed E-state index contributed by atoms with van der Waals surface area (Å²) < 4.78 is 33.3. The van der Waals surface area contributed by atoms with Crippen molar-refractivity contribution in [3.63, 3.8) is 0 Å². The quantitative estimate of drug-likeness (QED) is 0.0293. The van der Waals surface area contributed by atoms with E-state index in [1.165, 1.54) is 89.9 Å². The van der Waals surface area contributed by atoms with Gasteiger partial charge in [0.25, 0.3) is 0 Å². The Morgan fingerprint density at radius 2 is 0.984 bits per heavy atom. The van der Waals surface area contributed by atoms with Crippen molar-refractivity contribution in [2.75, 3.05) is 26.4 Å². The molecule has 2 fully saturated rings. The van der Waals surface area contributed by atoms with Gasteiger partial charge < -0.3 is 64.2 Å². The van der Waals surface area contributed by atoms with E-state index in [4.69, 9.17) is 28.4 Å². The Labute approximate surface area is 372 Å². The van der Waals surface area contributed by atoms with Gasteiger partial charge in [-0.1, -0.05) is 156 Å². The van der Waals surface area contributed by atoms with Crippen molar-refractivity contribution >= 4 is 11.9 Å². The molecule has 0 aromatic carbocycles. The second-order valence-corrected chi connectivity index (χ2v) is 18.1. The Morgan fingerprint density at radius 3 is 1.47 bits per heavy atom. The highest BCUT2D eigenvalue weighted by Gasteiger charge is 2.51. The third kappa shape index (κ3) is 23.1. The Kier molecular flexibility index (Phi) is 31.0. The van der Waals surface area contributed by atoms with Crippen molar-refractivity contribution in [2.45, 2.75) is 249 Å². The molecule has 2 aliphatic heterocycles. The third-order valence-electron chi connectivity index (χ3n) is 12.6. The normalized spacial score (nSPS) is 28.0. The zero-order valence-corrected chi connectivity index (χ0v) is 38.7. The topological polar surface area (TPSA) is 231 Å². The number of rotatable bonds is 36. The summed E-state index contributed by atoms with van der Waals surface area (Å²) >= 11 is 0. The number of esters is 2. The van der Waals surface area contributed by atoms with Gasteiger partial charge in [-0.25, -0.2) is 0 Å². The Balaban J connectivity index is 1.79. The molecule has 2 rings (SSSR count). The molecule has 2 aliphatic rings. The second kappa shape index (κ2) is 33.9. The molecule has 0 amide bonds. The number of hydrogen-bond donors (Lipinski definition) is 7. The lowest BCUT2D eigenvalue weighted by atomic mass is 9.97. The molecule has 2 saturated heterocycles. The van der Waals surface area contributed by atoms with E-state index in [0.717, 1.165) is 50.4 Å². The second-order valence-electron chi connectivity index (χ2n) is 18.1. The standard InChI is InChI=1S/C47H88O15/c1-5-33(3)25-21-17-13-9-7-8-10-15-19-23-27-38(50)57-30-35(49)31-59-46-44(56)45(62-47-43(55)42(54)40(52)36(29-48)60-47)41(53)37(61-46)32-58-39(51)28-24-20-16-12-11-14-18-22-26-34(4)6-2/h33-37,40-49,52-56H,5-32H2,1-4H3/t33-,34+,35+,36-,37-,40-,41-,42+,43-,44+,45+,46+,47-/m1/s1. The molecule has 366 valence electrons. The van der Waals surface area contributed by atoms with Gasteiger partial charge >= 0.3 is 11.9 Å². The molecular weight excluding hydrogens is 805 g/mol. The fourth-order valence-corrected chi connectivity index (χ4v) is 7.84. The molecule has 0 bridgehead atoms. The first-order chi connectivity index (χ1) is 29.8. The van der Waals surface area contributed by atoms with Gasteiger partial charge in [-0.15, -0.1) is 0 Å². The molecule has 13 atom stereocenters. The van der Waals surface area contributed by atoms with Gasteiger partial charge in [0.15, 0.2) is 12.6 Å². The summed E-state index contributed by atoms with van der Waals surface area (Å²) in [5.41, 5.74) is 0. The van der Waals surface area contributed by atoms with Gasteiger partial charge in [0.05, 0.1) is 13.2 Å². The summed E-state index contributed by atoms with van der Waals surface area (Å²) in [6, 6.07) is 0. The monoisotopic (exact) mass is 893 g/mol. The number of hydrogen-bond acceptors (Lipinski definition) is 15. The van der Waals surface area contributed by atoms with Crippen molar-refractivity contribution in [1.82, 2.24) is 0 Å². The van der Waals surface area contributed by atoms with Gasteiger partial charge in [0, 0.05) is 12.8 Å². The summed E-state index contributed by atoms with van der Waals surface area (Å²) in [7, 11) is 0. The lowest BCUT2D eigenvalue weighted by Crippen LogP contribution is -2.65. The predicted octanol–water partition coefficient (Wildman–Crippen LogP) is 5.76. The zero-order chi connectivity index (χ0) is 45.7. The average Bonchev–Trinajstić information content (AvgIpc) is 3.26. The SMILES string of the molecule is CC[C@@H](C)CCCCCCCCCCCCC(=O)OC[C@H](O)CO[C@H]1O[C@H](COC(=O)CCCCCCCCCC[C@@H](C)CC)[C@@H](O)[C@H](O[C@H]2O[C@H](CO)[C@@H](O)[C@H](O)[C@H]2O)[C@@H]1O. The van der Waals surface area contributed by atoms with Crippen molar-refractivity contribution in [3.05, 3.63) is 0 Å². The molecule has 0 aromatic heterocycles. The number of ether oxygens (including phenoxy) is 6. The highest BCUT2D eigenvalue weighted by Crippen LogP contribution is 2.30. The highest BCUT2D eigenvalue weighted by atomic mass is 16.7. The minimum Gasteiger partial charge on any atom is -0.463 e. The van der Waals surface area contributed by atoms with Crippen LogP contribution in [0.1, 0.15) is 182 Å². The molecule has 62 heavy (non-hydrogen) atoms. The molecule has 0 spiro atoms. The van der Waals surface area contributed by atoms with E-state index in [9.17, 15) is 45.3 Å². The van der Waals surface area contributed by atoms with E-state index < -0.39 is 99.3 Å². The first kappa shape index (κ1) is 56.6. The molecule has 0 saturated carbocycles. The Hall–Kier alpha value is -1.50. The number of carbonyl (C=O) groups excluding carboxylic acids is 2. The van der Waals surface area contributed by atoms with E-state index in [1.54, 1.807) is 0 Å². The van der Waals surface area contributed by atoms with Crippen LogP contribution in [-0.2, 0) is 38.0 Å². The summed E-state index contributed by atoms with van der Waals surface area (Å²) in [6.07, 6.45) is 7.93. The van der Waals surface area contributed by atoms with Crippen LogP contribution in [0.4, 0.5) is 0 Å². The molecule has 7 N–H and O–H groups in total. The van der Waals surface area contributed by atoms with Crippen LogP contribution in [0, 0.1) is 11.8 Å². The molecular formula is C47H88O15. The lowest BCUT2D eigenvalue weighted by molar-refractivity contribution is -0.361. The largest absolute Gasteiger partial charge is 0.463 e. The van der Waals surface area contributed by atoms with E-state index in [-0.39, 0.29) is 19.4 Å². The summed E-state index contributed by atoms with van der Waals surface area (Å²) in [5.74, 6) is 0.655. The number of aliphatic hydroxyl groups excluding tert-OH is 7. The molecule has 15 nitrogen and oxygen atoms in total. The first-order valence-corrected chi connectivity index (χ1v) is 24.4. The Morgan fingerprint density at radius 1 is 0.532 bits per heavy atom. The molecule has 15 heteroatoms. The van der Waals surface area contributed by atoms with Crippen LogP contribution in [-0.4, -0.2) is 142 Å². The van der Waals surface area contributed by atoms with Crippen LogP contribution in [0.2, 0.25) is 0 Å². The summed E-state index contributed by atoms with van der Waals surface area (Å²) in [4.78, 5) is 25.0. The zero-order valence-electron chi connectivity index (χ0n) is 38.7. The molecule has 0 aliphatic carbocycles. The smallest absolute Gasteiger partial charge is 0.305 e. The van der Waals surface area contributed by atoms with Crippen molar-refractivity contribution in [2.24, 2.45) is 11.8 Å². The maximum Gasteiger partial charge on any atom is 0.305 e. The van der Waals surface area contributed by atoms with Gasteiger partial charge in [-0.05, 0) is 24.7 Å². The van der Waals surface area contributed by atoms with E-state index in [2.05, 4.69) is 27.7 Å². The van der Waals surface area contributed by atoms with Crippen LogP contribution in [0.5, 0.6) is 0 Å². The van der Waals surface area contributed by atoms with Crippen LogP contribution in [0.3, 0.4) is 0 Å². The van der Waals surface area contributed by atoms with Crippen molar-refractivity contribution in [3.8, 4) is 0 Å². The van der Waals surface area contributed by atoms with Crippen LogP contribution < -0.4 is 0 Å². The van der Waals surface area contributed by atoms with Gasteiger partial charge in [0.2, 0.25) is 0 Å². The fourth-order valence-electron chi connectivity index (χ4n) is 7.84. The molecule has 0 aromatic rings. The molecule has 0 radical (unpaired) electrons. The lowest BCUT2D eigenvalue weighted by Gasteiger charge is -2.46. The Bertz CT molecular complexity index is 1130. The van der Waals surface area contributed by atoms with Crippen LogP contribution >= 0.6 is 0 Å². The number of unbranched alkanes of at least 4 members (excludes halogenated alkanes) is 16. The number of carbonyl (C=O) groups is 2. The maximum atomic E-state index is 12.7. The maximum absolute atomic E-state index is 12.7. The first-order valence-electron chi connectivity index (χ1n) is 24.4. The number of aliphatic hydroxyl groups is 7. The van der Waals surface area contributed by atoms with Gasteiger partial charge in [-0.2, -0.15) is 0 Å². The third-order valence-corrected chi connectivity index (χ3v) is 12.6. The van der Waals surface area contributed by atoms with E-state index in [0.29, 0.717) is 12.8 Å². The molecule has 0 unspecified atom stereocenters. The molecule has 2 heterocycles. The average molecular weight is 893 g/mol. The summed E-state index contributed by atoms with van der Waals surface area (Å²) in [5, 5.41) is 73.7. The predicted molar refractivity (Wildman–Crippen MR) is 234 cm³/mol. The van der Waals surface area contributed by atoms with Crippen molar-refractivity contribution in [1.29, 1.82) is 0 Å².